The third-order valence-electron chi connectivity index (χ3n) is 4.20. The van der Waals surface area contributed by atoms with E-state index in [2.05, 4.69) is 15.3 Å². The largest absolute Gasteiger partial charge is 0.448 e. The van der Waals surface area contributed by atoms with Gasteiger partial charge in [-0.15, -0.1) is 11.3 Å². The maximum absolute atomic E-state index is 13.6. The Kier molecular flexibility index (Phi) is 5.28. The number of hydrogen-bond donors (Lipinski definition) is 2. The highest BCUT2D eigenvalue weighted by Gasteiger charge is 2.24. The predicted octanol–water partition coefficient (Wildman–Crippen LogP) is 3.23. The second-order valence-electron chi connectivity index (χ2n) is 6.39. The molecule has 2 heterocycles. The number of anilines is 1. The quantitative estimate of drug-likeness (QED) is 0.652. The second-order valence-corrected chi connectivity index (χ2v) is 7.39. The number of aromatic amines is 1. The predicted molar refractivity (Wildman–Crippen MR) is 104 cm³/mol. The number of nitrogens with zero attached hydrogens (tertiary/aromatic N) is 1. The molecule has 1 aromatic carbocycles. The summed E-state index contributed by atoms with van der Waals surface area (Å²) in [5.74, 6) is -1.33. The maximum Gasteiger partial charge on any atom is 0.349 e. The first kappa shape index (κ1) is 19.7. The minimum atomic E-state index is -1.12. The maximum atomic E-state index is 13.6. The Hall–Kier alpha value is -3.07. The molecule has 0 unspecified atom stereocenters. The van der Waals surface area contributed by atoms with Gasteiger partial charge in [-0.3, -0.25) is 9.59 Å². The van der Waals surface area contributed by atoms with E-state index in [-0.39, 0.29) is 16.1 Å². The van der Waals surface area contributed by atoms with Crippen LogP contribution in [0.5, 0.6) is 0 Å². The van der Waals surface area contributed by atoms with Crippen molar-refractivity contribution in [3.63, 3.8) is 0 Å². The van der Waals surface area contributed by atoms with Crippen molar-refractivity contribution in [1.82, 2.24) is 9.97 Å². The molecular formula is C19H18FN3O4S. The number of nitrogens with one attached hydrogen (secondary N) is 2. The summed E-state index contributed by atoms with van der Waals surface area (Å²) in [6, 6.07) is 4.29. The lowest BCUT2D eigenvalue weighted by atomic mass is 10.2. The molecule has 28 heavy (non-hydrogen) atoms. The van der Waals surface area contributed by atoms with Gasteiger partial charge in [-0.25, -0.2) is 14.2 Å². The van der Waals surface area contributed by atoms with Crippen molar-refractivity contribution in [3.8, 4) is 0 Å². The summed E-state index contributed by atoms with van der Waals surface area (Å²) in [6.07, 6.45) is -1.12. The van der Waals surface area contributed by atoms with Gasteiger partial charge in [-0.2, -0.15) is 0 Å². The zero-order valence-electron chi connectivity index (χ0n) is 15.7. The molecule has 7 nitrogen and oxygen atoms in total. The minimum Gasteiger partial charge on any atom is -0.448 e. The van der Waals surface area contributed by atoms with Gasteiger partial charge in [-0.1, -0.05) is 6.07 Å². The van der Waals surface area contributed by atoms with E-state index in [4.69, 9.17) is 4.74 Å². The summed E-state index contributed by atoms with van der Waals surface area (Å²) in [4.78, 5) is 44.3. The van der Waals surface area contributed by atoms with E-state index in [1.165, 1.54) is 19.1 Å². The first-order chi connectivity index (χ1) is 13.2. The molecule has 146 valence electrons. The first-order valence-corrected chi connectivity index (χ1v) is 9.27. The van der Waals surface area contributed by atoms with Gasteiger partial charge < -0.3 is 15.0 Å². The summed E-state index contributed by atoms with van der Waals surface area (Å²) >= 11 is 1.03. The number of ether oxygens (including phenoxy) is 1. The topological polar surface area (TPSA) is 101 Å². The standard InChI is InChI=1S/C19H18FN3O4S/c1-8-5-6-12(7-13(8)20)23-16(24)10(3)27-19(26)15-9(2)14-17(25)21-11(4)22-18(14)28-15/h5-7,10H,1-4H3,(H,23,24)(H,21,22,25)/t10-/m1/s1. The number of hydrogen-bond acceptors (Lipinski definition) is 6. The van der Waals surface area contributed by atoms with Crippen molar-refractivity contribution in [3.05, 3.63) is 56.2 Å². The average Bonchev–Trinajstić information content (AvgIpc) is 2.94. The molecule has 1 atom stereocenters. The van der Waals surface area contributed by atoms with E-state index >= 15 is 0 Å². The normalized spacial score (nSPS) is 12.0. The molecule has 0 saturated heterocycles. The van der Waals surface area contributed by atoms with Crippen molar-refractivity contribution in [2.75, 3.05) is 5.32 Å². The van der Waals surface area contributed by atoms with Crippen molar-refractivity contribution in [1.29, 1.82) is 0 Å². The van der Waals surface area contributed by atoms with Crippen molar-refractivity contribution < 1.29 is 18.7 Å². The van der Waals surface area contributed by atoms with Gasteiger partial charge in [0.2, 0.25) is 0 Å². The fourth-order valence-corrected chi connectivity index (χ4v) is 3.74. The zero-order chi connectivity index (χ0) is 20.6. The molecule has 0 saturated carbocycles. The van der Waals surface area contributed by atoms with E-state index in [1.807, 2.05) is 0 Å². The Morgan fingerprint density at radius 3 is 2.68 bits per heavy atom. The van der Waals surface area contributed by atoms with E-state index in [0.717, 1.165) is 11.3 Å². The third-order valence-corrected chi connectivity index (χ3v) is 5.36. The summed E-state index contributed by atoms with van der Waals surface area (Å²) in [5.41, 5.74) is 0.839. The number of aromatic nitrogens is 2. The number of carbonyl (C=O) groups is 2. The SMILES string of the molecule is Cc1nc2sc(C(=O)O[C@H](C)C(=O)Nc3ccc(C)c(F)c3)c(C)c2c(=O)[nH]1. The van der Waals surface area contributed by atoms with Crippen LogP contribution in [0.2, 0.25) is 0 Å². The molecule has 0 aliphatic rings. The number of carbonyl (C=O) groups excluding carboxylic acids is 2. The molecule has 9 heteroatoms. The third kappa shape index (κ3) is 3.79. The number of rotatable bonds is 4. The van der Waals surface area contributed by atoms with E-state index in [9.17, 15) is 18.8 Å². The van der Waals surface area contributed by atoms with Crippen LogP contribution < -0.4 is 10.9 Å². The summed E-state index contributed by atoms with van der Waals surface area (Å²) in [5, 5.41) is 2.83. The number of fused-ring (bicyclic) bond motifs is 1. The Labute approximate surface area is 163 Å². The van der Waals surface area contributed by atoms with Gasteiger partial charge in [-0.05, 0) is 51.0 Å². The van der Waals surface area contributed by atoms with Crippen molar-refractivity contribution in [2.24, 2.45) is 0 Å². The van der Waals surface area contributed by atoms with Crippen LogP contribution in [0.3, 0.4) is 0 Å². The number of halogens is 1. The molecule has 0 bridgehead atoms. The van der Waals surface area contributed by atoms with E-state index < -0.39 is 23.8 Å². The highest BCUT2D eigenvalue weighted by atomic mass is 32.1. The molecule has 0 spiro atoms. The van der Waals surface area contributed by atoms with Gasteiger partial charge >= 0.3 is 5.97 Å². The number of esters is 1. The molecule has 0 radical (unpaired) electrons. The average molecular weight is 403 g/mol. The fourth-order valence-electron chi connectivity index (χ4n) is 2.63. The van der Waals surface area contributed by atoms with Gasteiger partial charge in [0, 0.05) is 5.69 Å². The van der Waals surface area contributed by atoms with Crippen LogP contribution in [0.1, 0.15) is 33.5 Å². The zero-order valence-corrected chi connectivity index (χ0v) is 16.5. The number of thiophene rings is 1. The first-order valence-electron chi connectivity index (χ1n) is 8.45. The number of aryl methyl sites for hydroxylation is 3. The Balaban J connectivity index is 1.76. The highest BCUT2D eigenvalue weighted by Crippen LogP contribution is 2.28. The lowest BCUT2D eigenvalue weighted by molar-refractivity contribution is -0.123. The molecule has 3 aromatic rings. The van der Waals surface area contributed by atoms with Gasteiger partial charge in [0.1, 0.15) is 21.3 Å². The van der Waals surface area contributed by atoms with Crippen LogP contribution in [-0.4, -0.2) is 27.9 Å². The number of benzene rings is 1. The second kappa shape index (κ2) is 7.51. The van der Waals surface area contributed by atoms with Crippen LogP contribution in [0.25, 0.3) is 10.2 Å². The smallest absolute Gasteiger partial charge is 0.349 e. The number of amides is 1. The number of H-pyrrole nitrogens is 1. The van der Waals surface area contributed by atoms with Crippen LogP contribution >= 0.6 is 11.3 Å². The molecule has 0 fully saturated rings. The molecule has 3 rings (SSSR count). The van der Waals surface area contributed by atoms with Gasteiger partial charge in [0.05, 0.1) is 5.39 Å². The Bertz CT molecular complexity index is 1150. The highest BCUT2D eigenvalue weighted by molar-refractivity contribution is 7.20. The van der Waals surface area contributed by atoms with Crippen molar-refractivity contribution in [2.45, 2.75) is 33.8 Å². The monoisotopic (exact) mass is 403 g/mol. The Morgan fingerprint density at radius 2 is 2.00 bits per heavy atom. The molecule has 2 aromatic heterocycles. The van der Waals surface area contributed by atoms with Crippen LogP contribution in [0.4, 0.5) is 10.1 Å². The van der Waals surface area contributed by atoms with Crippen molar-refractivity contribution >= 4 is 39.1 Å². The summed E-state index contributed by atoms with van der Waals surface area (Å²) in [6.45, 7) is 6.30. The van der Waals surface area contributed by atoms with Gasteiger partial charge in [0.15, 0.2) is 6.10 Å². The Morgan fingerprint density at radius 1 is 1.29 bits per heavy atom. The van der Waals surface area contributed by atoms with Crippen LogP contribution in [0, 0.1) is 26.6 Å². The van der Waals surface area contributed by atoms with Gasteiger partial charge in [0.25, 0.3) is 11.5 Å². The van der Waals surface area contributed by atoms with E-state index in [1.54, 1.807) is 26.8 Å². The molecule has 2 N–H and O–H groups in total. The minimum absolute atomic E-state index is 0.208. The van der Waals surface area contributed by atoms with Crippen LogP contribution in [-0.2, 0) is 9.53 Å². The fraction of sp³-hybridized carbons (Fsp3) is 0.263. The van der Waals surface area contributed by atoms with Crippen LogP contribution in [0.15, 0.2) is 23.0 Å². The lowest BCUT2D eigenvalue weighted by Crippen LogP contribution is -2.30. The summed E-state index contributed by atoms with van der Waals surface area (Å²) in [7, 11) is 0. The van der Waals surface area contributed by atoms with E-state index in [0.29, 0.717) is 27.2 Å². The lowest BCUT2D eigenvalue weighted by Gasteiger charge is -2.13. The molecular weight excluding hydrogens is 385 g/mol. The molecule has 1 amide bonds. The summed E-state index contributed by atoms with van der Waals surface area (Å²) < 4.78 is 18.8. The molecule has 0 aliphatic carbocycles. The molecule has 0 aliphatic heterocycles.